The maximum atomic E-state index is 14.4. The zero-order valence-electron chi connectivity index (χ0n) is 13.0. The highest BCUT2D eigenvalue weighted by Gasteiger charge is 2.13. The molecule has 9 heteroatoms. The zero-order valence-corrected chi connectivity index (χ0v) is 13.7. The summed E-state index contributed by atoms with van der Waals surface area (Å²) in [4.78, 5) is 22.4. The number of carbonyl (C=O) groups is 1. The minimum Gasteiger partial charge on any atom is -0.481 e. The first-order chi connectivity index (χ1) is 12.4. The van der Waals surface area contributed by atoms with Crippen molar-refractivity contribution in [2.45, 2.75) is 6.42 Å². The minimum absolute atomic E-state index is 0.0154. The molecule has 3 rings (SSSR count). The number of halogens is 3. The summed E-state index contributed by atoms with van der Waals surface area (Å²) in [6, 6.07) is 6.22. The normalized spacial score (nSPS) is 10.6. The van der Waals surface area contributed by atoms with Gasteiger partial charge in [-0.05, 0) is 24.3 Å². The maximum Gasteiger partial charge on any atom is 0.309 e. The third kappa shape index (κ3) is 4.09. The molecule has 0 aliphatic rings. The molecule has 0 saturated carbocycles. The quantitative estimate of drug-likeness (QED) is 0.726. The molecule has 0 aliphatic heterocycles. The van der Waals surface area contributed by atoms with E-state index in [1.165, 1.54) is 30.6 Å². The molecule has 1 N–H and O–H groups in total. The van der Waals surface area contributed by atoms with Crippen LogP contribution in [0.25, 0.3) is 11.4 Å². The summed E-state index contributed by atoms with van der Waals surface area (Å²) in [7, 11) is 0. The van der Waals surface area contributed by atoms with Crippen molar-refractivity contribution in [3.05, 3.63) is 65.1 Å². The summed E-state index contributed by atoms with van der Waals surface area (Å²) >= 11 is 5.61. The number of hydrogen-bond donors (Lipinski definition) is 1. The Morgan fingerprint density at radius 2 is 1.96 bits per heavy atom. The standard InChI is InChI=1S/C17H10ClF2N3O3/c18-9-5-14(20)17(22-8-9)26-11-1-2-12(13(19)7-11)16-21-4-3-10(23-16)6-15(24)25/h1-5,7-8H,6H2,(H,24,25). The van der Waals surface area contributed by atoms with Gasteiger partial charge < -0.3 is 9.84 Å². The second kappa shape index (κ2) is 7.40. The van der Waals surface area contributed by atoms with Crippen LogP contribution in [0.4, 0.5) is 8.78 Å². The molecule has 0 bridgehead atoms. The predicted octanol–water partition coefficient (Wildman–Crippen LogP) is 3.89. The van der Waals surface area contributed by atoms with Crippen molar-refractivity contribution in [1.29, 1.82) is 0 Å². The third-order valence-electron chi connectivity index (χ3n) is 3.22. The van der Waals surface area contributed by atoms with E-state index in [9.17, 15) is 13.6 Å². The van der Waals surface area contributed by atoms with Crippen molar-refractivity contribution in [2.75, 3.05) is 0 Å². The Labute approximate surface area is 151 Å². The van der Waals surface area contributed by atoms with Crippen LogP contribution in [0.5, 0.6) is 11.6 Å². The smallest absolute Gasteiger partial charge is 0.309 e. The molecule has 2 heterocycles. The molecule has 6 nitrogen and oxygen atoms in total. The topological polar surface area (TPSA) is 85.2 Å². The molecular weight excluding hydrogens is 368 g/mol. The summed E-state index contributed by atoms with van der Waals surface area (Å²) < 4.78 is 33.3. The molecule has 0 aliphatic carbocycles. The highest BCUT2D eigenvalue weighted by Crippen LogP contribution is 2.28. The van der Waals surface area contributed by atoms with Crippen LogP contribution in [0.2, 0.25) is 5.02 Å². The molecule has 0 spiro atoms. The van der Waals surface area contributed by atoms with Crippen LogP contribution in [0.3, 0.4) is 0 Å². The number of nitrogens with zero attached hydrogens (tertiary/aromatic N) is 3. The van der Waals surface area contributed by atoms with E-state index in [-0.39, 0.29) is 40.2 Å². The number of carboxylic acid groups (broad SMARTS) is 1. The molecule has 3 aromatic rings. The highest BCUT2D eigenvalue weighted by atomic mass is 35.5. The van der Waals surface area contributed by atoms with Gasteiger partial charge in [-0.25, -0.2) is 23.7 Å². The predicted molar refractivity (Wildman–Crippen MR) is 88.0 cm³/mol. The van der Waals surface area contributed by atoms with Gasteiger partial charge in [-0.2, -0.15) is 0 Å². The van der Waals surface area contributed by atoms with E-state index in [4.69, 9.17) is 21.4 Å². The Bertz CT molecular complexity index is 985. The fourth-order valence-electron chi connectivity index (χ4n) is 2.11. The molecule has 0 fully saturated rings. The van der Waals surface area contributed by atoms with Crippen molar-refractivity contribution in [2.24, 2.45) is 0 Å². The van der Waals surface area contributed by atoms with Gasteiger partial charge in [0.15, 0.2) is 11.6 Å². The van der Waals surface area contributed by atoms with Crippen molar-refractivity contribution in [3.63, 3.8) is 0 Å². The lowest BCUT2D eigenvalue weighted by Crippen LogP contribution is -2.04. The molecule has 0 unspecified atom stereocenters. The van der Waals surface area contributed by atoms with Gasteiger partial charge in [0, 0.05) is 18.5 Å². The van der Waals surface area contributed by atoms with Gasteiger partial charge >= 0.3 is 5.97 Å². The number of aliphatic carboxylic acids is 1. The number of rotatable bonds is 5. The molecule has 26 heavy (non-hydrogen) atoms. The first-order valence-electron chi connectivity index (χ1n) is 7.25. The minimum atomic E-state index is -1.06. The number of ether oxygens (including phenoxy) is 1. The van der Waals surface area contributed by atoms with Crippen LogP contribution in [-0.4, -0.2) is 26.0 Å². The third-order valence-corrected chi connectivity index (χ3v) is 3.42. The van der Waals surface area contributed by atoms with Crippen LogP contribution in [0.1, 0.15) is 5.69 Å². The van der Waals surface area contributed by atoms with Crippen molar-refractivity contribution in [3.8, 4) is 23.0 Å². The van der Waals surface area contributed by atoms with Gasteiger partial charge in [0.05, 0.1) is 22.7 Å². The van der Waals surface area contributed by atoms with Gasteiger partial charge in [-0.1, -0.05) is 11.6 Å². The van der Waals surface area contributed by atoms with E-state index >= 15 is 0 Å². The number of hydrogen-bond acceptors (Lipinski definition) is 5. The van der Waals surface area contributed by atoms with E-state index in [1.54, 1.807) is 0 Å². The summed E-state index contributed by atoms with van der Waals surface area (Å²) in [5.74, 6) is -2.86. The molecule has 0 saturated heterocycles. The summed E-state index contributed by atoms with van der Waals surface area (Å²) in [6.07, 6.45) is 2.24. The van der Waals surface area contributed by atoms with Gasteiger partial charge in [0.1, 0.15) is 11.6 Å². The van der Waals surface area contributed by atoms with E-state index < -0.39 is 17.6 Å². The second-order valence-electron chi connectivity index (χ2n) is 5.13. The number of carboxylic acids is 1. The molecule has 132 valence electrons. The van der Waals surface area contributed by atoms with Crippen molar-refractivity contribution >= 4 is 17.6 Å². The van der Waals surface area contributed by atoms with Crippen LogP contribution in [-0.2, 0) is 11.2 Å². The highest BCUT2D eigenvalue weighted by molar-refractivity contribution is 6.30. The number of aromatic nitrogens is 3. The average molecular weight is 378 g/mol. The Morgan fingerprint density at radius 3 is 2.65 bits per heavy atom. The molecule has 0 atom stereocenters. The Kier molecular flexibility index (Phi) is 5.04. The lowest BCUT2D eigenvalue weighted by atomic mass is 10.2. The monoisotopic (exact) mass is 377 g/mol. The van der Waals surface area contributed by atoms with Crippen molar-refractivity contribution in [1.82, 2.24) is 15.0 Å². The SMILES string of the molecule is O=C(O)Cc1ccnc(-c2ccc(Oc3ncc(Cl)cc3F)cc2F)n1. The van der Waals surface area contributed by atoms with Crippen LogP contribution >= 0.6 is 11.6 Å². The summed E-state index contributed by atoms with van der Waals surface area (Å²) in [5, 5.41) is 8.91. The lowest BCUT2D eigenvalue weighted by molar-refractivity contribution is -0.136. The summed E-state index contributed by atoms with van der Waals surface area (Å²) in [6.45, 7) is 0. The molecule has 2 aromatic heterocycles. The Morgan fingerprint density at radius 1 is 1.15 bits per heavy atom. The lowest BCUT2D eigenvalue weighted by Gasteiger charge is -2.08. The largest absolute Gasteiger partial charge is 0.481 e. The van der Waals surface area contributed by atoms with E-state index in [2.05, 4.69) is 15.0 Å². The number of pyridine rings is 1. The molecule has 0 radical (unpaired) electrons. The van der Waals surface area contributed by atoms with Crippen LogP contribution < -0.4 is 4.74 Å². The van der Waals surface area contributed by atoms with Crippen LogP contribution in [0.15, 0.2) is 42.7 Å². The molecule has 1 aromatic carbocycles. The fourth-order valence-corrected chi connectivity index (χ4v) is 2.25. The molecule has 0 amide bonds. The maximum absolute atomic E-state index is 14.4. The Balaban J connectivity index is 1.87. The first kappa shape index (κ1) is 17.7. The summed E-state index contributed by atoms with van der Waals surface area (Å²) in [5.41, 5.74) is 0.295. The number of benzene rings is 1. The zero-order chi connectivity index (χ0) is 18.7. The van der Waals surface area contributed by atoms with Gasteiger partial charge in [-0.3, -0.25) is 4.79 Å². The Hall–Kier alpha value is -3.13. The first-order valence-corrected chi connectivity index (χ1v) is 7.62. The van der Waals surface area contributed by atoms with E-state index in [0.717, 1.165) is 12.1 Å². The van der Waals surface area contributed by atoms with Gasteiger partial charge in [0.2, 0.25) is 0 Å². The van der Waals surface area contributed by atoms with Crippen LogP contribution in [0, 0.1) is 11.6 Å². The second-order valence-corrected chi connectivity index (χ2v) is 5.56. The van der Waals surface area contributed by atoms with Crippen molar-refractivity contribution < 1.29 is 23.4 Å². The van der Waals surface area contributed by atoms with Gasteiger partial charge in [-0.15, -0.1) is 0 Å². The molecular formula is C17H10ClF2N3O3. The fraction of sp³-hybridized carbons (Fsp3) is 0.0588. The average Bonchev–Trinajstić information content (AvgIpc) is 2.57. The van der Waals surface area contributed by atoms with E-state index in [0.29, 0.717) is 0 Å². The van der Waals surface area contributed by atoms with Gasteiger partial charge in [0.25, 0.3) is 5.88 Å². The van der Waals surface area contributed by atoms with E-state index in [1.807, 2.05) is 0 Å².